The zero-order chi connectivity index (χ0) is 22.0. The summed E-state index contributed by atoms with van der Waals surface area (Å²) in [5, 5.41) is 10.2. The van der Waals surface area contributed by atoms with Gasteiger partial charge in [0, 0.05) is 58.8 Å². The van der Waals surface area contributed by atoms with Gasteiger partial charge in [0.1, 0.15) is 0 Å². The van der Waals surface area contributed by atoms with Gasteiger partial charge in [0.2, 0.25) is 11.9 Å². The largest absolute Gasteiger partial charge is 0.478 e. The van der Waals surface area contributed by atoms with Crippen LogP contribution < -0.4 is 4.90 Å². The van der Waals surface area contributed by atoms with Gasteiger partial charge in [-0.05, 0) is 24.3 Å². The molecule has 4 rings (SSSR count). The molecule has 2 aromatic carbocycles. The number of nitrogens with zero attached hydrogens (tertiary/aromatic N) is 4. The summed E-state index contributed by atoms with van der Waals surface area (Å²) in [4.78, 5) is 36.0. The van der Waals surface area contributed by atoms with Gasteiger partial charge in [-0.1, -0.05) is 45.7 Å². The Morgan fingerprint density at radius 1 is 1.03 bits per heavy atom. The van der Waals surface area contributed by atoms with Gasteiger partial charge in [0.05, 0.1) is 11.2 Å². The van der Waals surface area contributed by atoms with Crippen molar-refractivity contribution < 1.29 is 14.7 Å². The maximum absolute atomic E-state index is 12.1. The van der Waals surface area contributed by atoms with Crippen LogP contribution in [-0.4, -0.2) is 58.0 Å². The van der Waals surface area contributed by atoms with Crippen LogP contribution in [0.15, 0.2) is 59.1 Å². The van der Waals surface area contributed by atoms with Crippen LogP contribution in [0.1, 0.15) is 0 Å². The Morgan fingerprint density at radius 2 is 1.77 bits per heavy atom. The molecule has 0 bridgehead atoms. The van der Waals surface area contributed by atoms with Crippen molar-refractivity contribution in [3.05, 3.63) is 64.1 Å². The van der Waals surface area contributed by atoms with Crippen LogP contribution in [-0.2, 0) is 9.59 Å². The molecule has 1 aliphatic rings. The average Bonchev–Trinajstić information content (AvgIpc) is 2.77. The predicted molar refractivity (Wildman–Crippen MR) is 123 cm³/mol. The standard InChI is InChI=1S/C22H18BrClN4O3/c23-14-5-6-18-16(13-14)21(15-3-1-2-4-17(15)24)26-22(25-18)28-11-9-27(10-12-28)19(29)7-8-20(30)31/h1-8,13H,9-12H2,(H,30,31)/b8-7-. The highest BCUT2D eigenvalue weighted by Crippen LogP contribution is 2.34. The number of hydrogen-bond donors (Lipinski definition) is 1. The number of benzene rings is 2. The van der Waals surface area contributed by atoms with E-state index in [1.165, 1.54) is 0 Å². The quantitative estimate of drug-likeness (QED) is 0.544. The van der Waals surface area contributed by atoms with E-state index >= 15 is 0 Å². The van der Waals surface area contributed by atoms with Gasteiger partial charge in [-0.15, -0.1) is 0 Å². The van der Waals surface area contributed by atoms with Gasteiger partial charge in [0.25, 0.3) is 0 Å². The number of carboxylic acids is 1. The van der Waals surface area contributed by atoms with E-state index < -0.39 is 5.97 Å². The second kappa shape index (κ2) is 9.03. The molecule has 1 saturated heterocycles. The van der Waals surface area contributed by atoms with Crippen molar-refractivity contribution in [2.75, 3.05) is 31.1 Å². The van der Waals surface area contributed by atoms with Crippen LogP contribution in [0.4, 0.5) is 5.95 Å². The Hall–Kier alpha value is -2.97. The van der Waals surface area contributed by atoms with E-state index in [2.05, 4.69) is 15.9 Å². The maximum atomic E-state index is 12.1. The first-order chi connectivity index (χ1) is 14.9. The normalized spacial score (nSPS) is 14.4. The maximum Gasteiger partial charge on any atom is 0.328 e. The first kappa shape index (κ1) is 21.3. The Kier molecular flexibility index (Phi) is 6.20. The summed E-state index contributed by atoms with van der Waals surface area (Å²) in [6, 6.07) is 13.4. The van der Waals surface area contributed by atoms with E-state index in [-0.39, 0.29) is 5.91 Å². The molecule has 7 nitrogen and oxygen atoms in total. The third-order valence-corrected chi connectivity index (χ3v) is 5.84. The van der Waals surface area contributed by atoms with Crippen molar-refractivity contribution in [1.29, 1.82) is 0 Å². The number of anilines is 1. The molecule has 1 aliphatic heterocycles. The van der Waals surface area contributed by atoms with E-state index in [1.54, 1.807) is 4.90 Å². The smallest absolute Gasteiger partial charge is 0.328 e. The molecule has 158 valence electrons. The van der Waals surface area contributed by atoms with Gasteiger partial charge in [-0.25, -0.2) is 14.8 Å². The highest BCUT2D eigenvalue weighted by molar-refractivity contribution is 9.10. The van der Waals surface area contributed by atoms with Crippen molar-refractivity contribution in [2.45, 2.75) is 0 Å². The summed E-state index contributed by atoms with van der Waals surface area (Å²) in [5.41, 5.74) is 2.37. The summed E-state index contributed by atoms with van der Waals surface area (Å²) in [6.45, 7) is 1.98. The lowest BCUT2D eigenvalue weighted by Gasteiger charge is -2.34. The molecule has 31 heavy (non-hydrogen) atoms. The number of carbonyl (C=O) groups is 2. The molecule has 0 radical (unpaired) electrons. The minimum atomic E-state index is -1.14. The van der Waals surface area contributed by atoms with Crippen LogP contribution in [0.3, 0.4) is 0 Å². The number of amides is 1. The lowest BCUT2D eigenvalue weighted by molar-refractivity contribution is -0.132. The SMILES string of the molecule is O=C(O)/C=C\C(=O)N1CCN(c2nc(-c3ccccc3Cl)c3cc(Br)ccc3n2)CC1. The molecule has 1 N–H and O–H groups in total. The molecule has 0 spiro atoms. The van der Waals surface area contributed by atoms with Crippen molar-refractivity contribution in [2.24, 2.45) is 0 Å². The van der Waals surface area contributed by atoms with Gasteiger partial charge >= 0.3 is 5.97 Å². The molecule has 0 saturated carbocycles. The molecule has 1 aromatic heterocycles. The van der Waals surface area contributed by atoms with Gasteiger partial charge in [-0.3, -0.25) is 4.79 Å². The molecule has 0 atom stereocenters. The lowest BCUT2D eigenvalue weighted by atomic mass is 10.1. The molecule has 0 aliphatic carbocycles. The van der Waals surface area contributed by atoms with Crippen LogP contribution in [0.2, 0.25) is 5.02 Å². The summed E-state index contributed by atoms with van der Waals surface area (Å²) < 4.78 is 0.922. The Labute approximate surface area is 192 Å². The van der Waals surface area contributed by atoms with E-state index in [4.69, 9.17) is 26.7 Å². The van der Waals surface area contributed by atoms with Crippen LogP contribution in [0.5, 0.6) is 0 Å². The molecular formula is C22H18BrClN4O3. The van der Waals surface area contributed by atoms with Crippen LogP contribution in [0.25, 0.3) is 22.2 Å². The molecule has 3 aromatic rings. The predicted octanol–water partition coefficient (Wildman–Crippen LogP) is 4.00. The highest BCUT2D eigenvalue weighted by Gasteiger charge is 2.23. The zero-order valence-electron chi connectivity index (χ0n) is 16.3. The van der Waals surface area contributed by atoms with Gasteiger partial charge in [-0.2, -0.15) is 0 Å². The molecule has 1 fully saturated rings. The Bertz CT molecular complexity index is 1190. The third-order valence-electron chi connectivity index (χ3n) is 5.02. The van der Waals surface area contributed by atoms with Crippen molar-refractivity contribution in [1.82, 2.24) is 14.9 Å². The number of aliphatic carboxylic acids is 1. The second-order valence-electron chi connectivity index (χ2n) is 7.00. The lowest BCUT2D eigenvalue weighted by Crippen LogP contribution is -2.48. The fraction of sp³-hybridized carbons (Fsp3) is 0.182. The molecular weight excluding hydrogens is 484 g/mol. The number of halogens is 2. The van der Waals surface area contributed by atoms with E-state index in [1.807, 2.05) is 47.4 Å². The van der Waals surface area contributed by atoms with Gasteiger partial charge < -0.3 is 14.9 Å². The van der Waals surface area contributed by atoms with E-state index in [0.717, 1.165) is 38.8 Å². The van der Waals surface area contributed by atoms with Crippen molar-refractivity contribution in [3.8, 4) is 11.3 Å². The average molecular weight is 502 g/mol. The number of fused-ring (bicyclic) bond motifs is 1. The Balaban J connectivity index is 1.65. The number of hydrogen-bond acceptors (Lipinski definition) is 5. The third kappa shape index (κ3) is 4.70. The fourth-order valence-corrected chi connectivity index (χ4v) is 4.05. The number of rotatable bonds is 4. The van der Waals surface area contributed by atoms with Gasteiger partial charge in [0.15, 0.2) is 0 Å². The molecule has 2 heterocycles. The first-order valence-electron chi connectivity index (χ1n) is 9.59. The van der Waals surface area contributed by atoms with Crippen molar-refractivity contribution >= 4 is 56.3 Å². The zero-order valence-corrected chi connectivity index (χ0v) is 18.7. The van der Waals surface area contributed by atoms with E-state index in [9.17, 15) is 9.59 Å². The van der Waals surface area contributed by atoms with Crippen molar-refractivity contribution in [3.63, 3.8) is 0 Å². The monoisotopic (exact) mass is 500 g/mol. The Morgan fingerprint density at radius 3 is 2.48 bits per heavy atom. The van der Waals surface area contributed by atoms with Crippen LogP contribution in [0, 0.1) is 0 Å². The minimum absolute atomic E-state index is 0.317. The van der Waals surface area contributed by atoms with Crippen LogP contribution >= 0.6 is 27.5 Å². The highest BCUT2D eigenvalue weighted by atomic mass is 79.9. The topological polar surface area (TPSA) is 86.6 Å². The number of carbonyl (C=O) groups excluding carboxylic acids is 1. The summed E-state index contributed by atoms with van der Waals surface area (Å²) in [7, 11) is 0. The summed E-state index contributed by atoms with van der Waals surface area (Å²) in [5.74, 6) is -0.892. The number of aromatic nitrogens is 2. The molecule has 9 heteroatoms. The minimum Gasteiger partial charge on any atom is -0.478 e. The molecule has 0 unspecified atom stereocenters. The number of piperazine rings is 1. The number of carboxylic acid groups (broad SMARTS) is 1. The molecule has 1 amide bonds. The fourth-order valence-electron chi connectivity index (χ4n) is 3.46. The second-order valence-corrected chi connectivity index (χ2v) is 8.32. The first-order valence-corrected chi connectivity index (χ1v) is 10.8. The summed E-state index contributed by atoms with van der Waals surface area (Å²) >= 11 is 9.98. The van der Waals surface area contributed by atoms with E-state index in [0.29, 0.717) is 37.1 Å². The summed E-state index contributed by atoms with van der Waals surface area (Å²) in [6.07, 6.45) is 1.94.